The molecule has 0 unspecified atom stereocenters. The first-order chi connectivity index (χ1) is 9.61. The van der Waals surface area contributed by atoms with Crippen LogP contribution in [0.5, 0.6) is 0 Å². The van der Waals surface area contributed by atoms with Gasteiger partial charge in [0.05, 0.1) is 6.54 Å². The zero-order valence-electron chi connectivity index (χ0n) is 11.8. The lowest BCUT2D eigenvalue weighted by molar-refractivity contribution is -0.118. The third kappa shape index (κ3) is 3.36. The largest absolute Gasteiger partial charge is 0.368 e. The lowest BCUT2D eigenvalue weighted by Gasteiger charge is -2.21. The maximum atomic E-state index is 12.5. The summed E-state index contributed by atoms with van der Waals surface area (Å²) in [5, 5.41) is 3.25. The molecule has 0 saturated carbocycles. The van der Waals surface area contributed by atoms with Gasteiger partial charge in [-0.1, -0.05) is 19.4 Å². The van der Waals surface area contributed by atoms with E-state index in [9.17, 15) is 9.59 Å². The van der Waals surface area contributed by atoms with Crippen LogP contribution in [0.3, 0.4) is 0 Å². The standard InChI is InChI=1S/C15H21N3O2/c1-2-3-6-18(10-14(16)19)15(20)11-4-5-12-8-17-9-13(12)7-11/h4-5,7,17H,2-3,6,8-10H2,1H3,(H2,16,19). The Kier molecular flexibility index (Phi) is 4.74. The molecule has 0 aliphatic carbocycles. The Hall–Kier alpha value is -1.88. The summed E-state index contributed by atoms with van der Waals surface area (Å²) in [6.45, 7) is 4.24. The van der Waals surface area contributed by atoms with Crippen molar-refractivity contribution in [2.45, 2.75) is 32.9 Å². The van der Waals surface area contributed by atoms with Crippen LogP contribution < -0.4 is 11.1 Å². The van der Waals surface area contributed by atoms with Gasteiger partial charge in [0.2, 0.25) is 5.91 Å². The number of primary amides is 1. The number of nitrogens with zero attached hydrogens (tertiary/aromatic N) is 1. The molecule has 108 valence electrons. The number of hydrogen-bond acceptors (Lipinski definition) is 3. The number of carbonyl (C=O) groups is 2. The van der Waals surface area contributed by atoms with E-state index in [1.807, 2.05) is 25.1 Å². The number of hydrogen-bond donors (Lipinski definition) is 2. The predicted molar refractivity (Wildman–Crippen MR) is 77.0 cm³/mol. The number of amides is 2. The maximum absolute atomic E-state index is 12.5. The minimum Gasteiger partial charge on any atom is -0.368 e. The average molecular weight is 275 g/mol. The van der Waals surface area contributed by atoms with Crippen molar-refractivity contribution in [2.24, 2.45) is 5.73 Å². The number of benzene rings is 1. The highest BCUT2D eigenvalue weighted by molar-refractivity contribution is 5.96. The number of fused-ring (bicyclic) bond motifs is 1. The van der Waals surface area contributed by atoms with Gasteiger partial charge in [-0.15, -0.1) is 0 Å². The van der Waals surface area contributed by atoms with Crippen molar-refractivity contribution in [1.29, 1.82) is 0 Å². The molecule has 0 aromatic heterocycles. The molecule has 2 amide bonds. The molecule has 3 N–H and O–H groups in total. The zero-order valence-corrected chi connectivity index (χ0v) is 11.8. The average Bonchev–Trinajstić information content (AvgIpc) is 2.89. The molecule has 0 bridgehead atoms. The van der Waals surface area contributed by atoms with Crippen molar-refractivity contribution in [3.8, 4) is 0 Å². The number of nitrogens with one attached hydrogen (secondary N) is 1. The third-order valence-electron chi connectivity index (χ3n) is 3.50. The molecule has 0 fully saturated rings. The van der Waals surface area contributed by atoms with Gasteiger partial charge in [-0.05, 0) is 29.7 Å². The van der Waals surface area contributed by atoms with Gasteiger partial charge in [-0.3, -0.25) is 9.59 Å². The Labute approximate surface area is 119 Å². The second-order valence-corrected chi connectivity index (χ2v) is 5.13. The van der Waals surface area contributed by atoms with Gasteiger partial charge in [-0.25, -0.2) is 0 Å². The van der Waals surface area contributed by atoms with Gasteiger partial charge in [0.25, 0.3) is 5.91 Å². The molecule has 5 nitrogen and oxygen atoms in total. The van der Waals surface area contributed by atoms with Crippen LogP contribution in [0.2, 0.25) is 0 Å². The molecule has 1 aliphatic rings. The van der Waals surface area contributed by atoms with E-state index in [0.717, 1.165) is 31.5 Å². The van der Waals surface area contributed by atoms with Gasteiger partial charge >= 0.3 is 0 Å². The van der Waals surface area contributed by atoms with Crippen LogP contribution in [0.15, 0.2) is 18.2 Å². The maximum Gasteiger partial charge on any atom is 0.254 e. The molecular formula is C15H21N3O2. The van der Waals surface area contributed by atoms with Gasteiger partial charge in [-0.2, -0.15) is 0 Å². The summed E-state index contributed by atoms with van der Waals surface area (Å²) in [7, 11) is 0. The van der Waals surface area contributed by atoms with Gasteiger partial charge in [0.15, 0.2) is 0 Å². The Morgan fingerprint density at radius 1 is 1.30 bits per heavy atom. The topological polar surface area (TPSA) is 75.4 Å². The molecular weight excluding hydrogens is 254 g/mol. The Balaban J connectivity index is 2.15. The Morgan fingerprint density at radius 3 is 2.75 bits per heavy atom. The molecule has 1 aromatic rings. The summed E-state index contributed by atoms with van der Waals surface area (Å²) >= 11 is 0. The molecule has 1 aromatic carbocycles. The monoisotopic (exact) mass is 275 g/mol. The first-order valence-electron chi connectivity index (χ1n) is 7.02. The first-order valence-corrected chi connectivity index (χ1v) is 7.02. The van der Waals surface area contributed by atoms with Crippen LogP contribution in [0.1, 0.15) is 41.3 Å². The van der Waals surface area contributed by atoms with E-state index < -0.39 is 5.91 Å². The SMILES string of the molecule is CCCCN(CC(N)=O)C(=O)c1ccc2c(c1)CNC2. The highest BCUT2D eigenvalue weighted by Gasteiger charge is 2.19. The van der Waals surface area contributed by atoms with E-state index in [2.05, 4.69) is 5.32 Å². The molecule has 1 aliphatic heterocycles. The van der Waals surface area contributed by atoms with Crippen LogP contribution in [0.4, 0.5) is 0 Å². The third-order valence-corrected chi connectivity index (χ3v) is 3.50. The Bertz CT molecular complexity index is 514. The first kappa shape index (κ1) is 14.5. The van der Waals surface area contributed by atoms with E-state index in [0.29, 0.717) is 12.1 Å². The smallest absolute Gasteiger partial charge is 0.254 e. The van der Waals surface area contributed by atoms with E-state index in [4.69, 9.17) is 5.73 Å². The van der Waals surface area contributed by atoms with E-state index in [1.165, 1.54) is 10.5 Å². The minimum absolute atomic E-state index is 0.0197. The molecule has 0 radical (unpaired) electrons. The number of rotatable bonds is 6. The van der Waals surface area contributed by atoms with E-state index >= 15 is 0 Å². The fourth-order valence-corrected chi connectivity index (χ4v) is 2.40. The van der Waals surface area contributed by atoms with Crippen LogP contribution in [-0.2, 0) is 17.9 Å². The van der Waals surface area contributed by atoms with Gasteiger partial charge < -0.3 is 16.0 Å². The predicted octanol–water partition coefficient (Wildman–Crippen LogP) is 1.02. The summed E-state index contributed by atoms with van der Waals surface area (Å²) in [4.78, 5) is 25.1. The highest BCUT2D eigenvalue weighted by Crippen LogP contribution is 2.18. The molecule has 2 rings (SSSR count). The second-order valence-electron chi connectivity index (χ2n) is 5.13. The Morgan fingerprint density at radius 2 is 2.05 bits per heavy atom. The van der Waals surface area contributed by atoms with Gasteiger partial charge in [0.1, 0.15) is 0 Å². The van der Waals surface area contributed by atoms with Crippen LogP contribution in [-0.4, -0.2) is 29.8 Å². The molecule has 0 atom stereocenters. The van der Waals surface area contributed by atoms with Crippen LogP contribution in [0.25, 0.3) is 0 Å². The van der Waals surface area contributed by atoms with Crippen molar-refractivity contribution in [1.82, 2.24) is 10.2 Å². The van der Waals surface area contributed by atoms with Crippen molar-refractivity contribution in [2.75, 3.05) is 13.1 Å². The van der Waals surface area contributed by atoms with E-state index in [1.54, 1.807) is 0 Å². The minimum atomic E-state index is -0.475. The molecule has 1 heterocycles. The molecule has 0 spiro atoms. The zero-order chi connectivity index (χ0) is 14.5. The van der Waals surface area contributed by atoms with E-state index in [-0.39, 0.29) is 12.5 Å². The lowest BCUT2D eigenvalue weighted by Crippen LogP contribution is -2.39. The van der Waals surface area contributed by atoms with Gasteiger partial charge in [0, 0.05) is 25.2 Å². The van der Waals surface area contributed by atoms with Crippen LogP contribution in [0, 0.1) is 0 Å². The number of unbranched alkanes of at least 4 members (excludes halogenated alkanes) is 1. The van der Waals surface area contributed by atoms with Crippen molar-refractivity contribution >= 4 is 11.8 Å². The summed E-state index contributed by atoms with van der Waals surface area (Å²) < 4.78 is 0. The number of nitrogens with two attached hydrogens (primary N) is 1. The molecule has 0 saturated heterocycles. The van der Waals surface area contributed by atoms with Crippen molar-refractivity contribution < 1.29 is 9.59 Å². The fraction of sp³-hybridized carbons (Fsp3) is 0.467. The van der Waals surface area contributed by atoms with Crippen LogP contribution >= 0.6 is 0 Å². The highest BCUT2D eigenvalue weighted by atomic mass is 16.2. The normalized spacial score (nSPS) is 13.1. The second kappa shape index (κ2) is 6.52. The van der Waals surface area contributed by atoms with Crippen molar-refractivity contribution in [3.05, 3.63) is 34.9 Å². The molecule has 5 heteroatoms. The summed E-state index contributed by atoms with van der Waals surface area (Å²) in [5.74, 6) is -0.593. The number of carbonyl (C=O) groups excluding carboxylic acids is 2. The lowest BCUT2D eigenvalue weighted by atomic mass is 10.1. The summed E-state index contributed by atoms with van der Waals surface area (Å²) in [5.41, 5.74) is 8.25. The summed E-state index contributed by atoms with van der Waals surface area (Å²) in [6, 6.07) is 5.72. The molecule has 20 heavy (non-hydrogen) atoms. The summed E-state index contributed by atoms with van der Waals surface area (Å²) in [6.07, 6.45) is 1.84. The quantitative estimate of drug-likeness (QED) is 0.814. The van der Waals surface area contributed by atoms with Crippen molar-refractivity contribution in [3.63, 3.8) is 0 Å². The fourth-order valence-electron chi connectivity index (χ4n) is 2.40.